The van der Waals surface area contributed by atoms with Crippen molar-refractivity contribution in [3.8, 4) is 0 Å². The topological polar surface area (TPSA) is 43.8 Å². The summed E-state index contributed by atoms with van der Waals surface area (Å²) in [5.41, 5.74) is 0. The maximum Gasteiger partial charge on any atom is 0.236 e. The van der Waals surface area contributed by atoms with E-state index in [4.69, 9.17) is 0 Å². The van der Waals surface area contributed by atoms with Crippen molar-refractivity contribution in [1.82, 2.24) is 9.80 Å². The van der Waals surface area contributed by atoms with Crippen LogP contribution in [-0.2, 0) is 4.79 Å². The third kappa shape index (κ3) is 5.06. The quantitative estimate of drug-likeness (QED) is 0.777. The minimum atomic E-state index is 0.122. The molecule has 1 amide bonds. The Morgan fingerprint density at radius 2 is 1.80 bits per heavy atom. The van der Waals surface area contributed by atoms with E-state index in [1.165, 1.54) is 6.42 Å². The number of carbonyl (C=O) groups is 1. The fourth-order valence-electron chi connectivity index (χ4n) is 3.46. The Morgan fingerprint density at radius 1 is 1.25 bits per heavy atom. The van der Waals surface area contributed by atoms with E-state index in [0.717, 1.165) is 25.9 Å². The molecule has 118 valence electrons. The molecule has 4 heteroatoms. The van der Waals surface area contributed by atoms with E-state index in [2.05, 4.69) is 32.6 Å². The zero-order chi connectivity index (χ0) is 15.1. The highest BCUT2D eigenvalue weighted by Crippen LogP contribution is 2.21. The molecule has 1 rings (SSSR count). The number of piperidine rings is 1. The summed E-state index contributed by atoms with van der Waals surface area (Å²) in [6.07, 6.45) is 3.27. The van der Waals surface area contributed by atoms with Gasteiger partial charge in [0, 0.05) is 25.7 Å². The van der Waals surface area contributed by atoms with Gasteiger partial charge in [-0.1, -0.05) is 27.7 Å². The van der Waals surface area contributed by atoms with Gasteiger partial charge in [-0.3, -0.25) is 9.69 Å². The van der Waals surface area contributed by atoms with Gasteiger partial charge in [-0.05, 0) is 31.1 Å². The van der Waals surface area contributed by atoms with Crippen molar-refractivity contribution in [2.45, 2.75) is 53.0 Å². The van der Waals surface area contributed by atoms with Crippen molar-refractivity contribution in [3.05, 3.63) is 0 Å². The van der Waals surface area contributed by atoms with Gasteiger partial charge in [-0.15, -0.1) is 0 Å². The largest absolute Gasteiger partial charge is 0.395 e. The van der Waals surface area contributed by atoms with Gasteiger partial charge in [-0.2, -0.15) is 0 Å². The first kappa shape index (κ1) is 17.4. The number of hydrogen-bond acceptors (Lipinski definition) is 3. The molecule has 0 aromatic heterocycles. The summed E-state index contributed by atoms with van der Waals surface area (Å²) in [6, 6.07) is 0.394. The maximum atomic E-state index is 12.5. The number of rotatable bonds is 7. The fraction of sp³-hybridized carbons (Fsp3) is 0.938. The number of likely N-dealkylation sites (tertiary alicyclic amines) is 1. The summed E-state index contributed by atoms with van der Waals surface area (Å²) in [4.78, 5) is 16.7. The summed E-state index contributed by atoms with van der Waals surface area (Å²) < 4.78 is 0. The molecule has 2 atom stereocenters. The van der Waals surface area contributed by atoms with E-state index in [1.807, 2.05) is 4.90 Å². The molecule has 1 fully saturated rings. The highest BCUT2D eigenvalue weighted by atomic mass is 16.3. The normalized spacial score (nSPS) is 23.6. The predicted molar refractivity (Wildman–Crippen MR) is 82.6 cm³/mol. The molecule has 0 aliphatic carbocycles. The number of nitrogens with zero attached hydrogens (tertiary/aromatic N) is 2. The van der Waals surface area contributed by atoms with Crippen LogP contribution in [0.5, 0.6) is 0 Å². The van der Waals surface area contributed by atoms with Crippen molar-refractivity contribution < 1.29 is 9.90 Å². The molecule has 0 spiro atoms. The first-order chi connectivity index (χ1) is 9.51. The lowest BCUT2D eigenvalue weighted by Gasteiger charge is -2.37. The van der Waals surface area contributed by atoms with Crippen LogP contribution in [0.4, 0.5) is 0 Å². The number of aliphatic hydroxyl groups is 1. The summed E-state index contributed by atoms with van der Waals surface area (Å²) in [7, 11) is 0. The Hall–Kier alpha value is -0.610. The molecule has 1 saturated heterocycles. The molecule has 0 aromatic carbocycles. The van der Waals surface area contributed by atoms with Crippen molar-refractivity contribution in [2.75, 3.05) is 32.8 Å². The van der Waals surface area contributed by atoms with Gasteiger partial charge in [0.1, 0.15) is 0 Å². The van der Waals surface area contributed by atoms with Crippen molar-refractivity contribution in [2.24, 2.45) is 11.8 Å². The smallest absolute Gasteiger partial charge is 0.236 e. The molecule has 1 aliphatic heterocycles. The second kappa shape index (κ2) is 8.63. The zero-order valence-corrected chi connectivity index (χ0v) is 13.6. The predicted octanol–water partition coefficient (Wildman–Crippen LogP) is 1.97. The molecule has 1 aliphatic rings. The third-order valence-electron chi connectivity index (χ3n) is 4.41. The summed E-state index contributed by atoms with van der Waals surface area (Å²) in [5, 5.41) is 9.22. The van der Waals surface area contributed by atoms with Crippen LogP contribution in [0.3, 0.4) is 0 Å². The van der Waals surface area contributed by atoms with Gasteiger partial charge in [0.05, 0.1) is 13.2 Å². The number of hydrogen-bond donors (Lipinski definition) is 1. The van der Waals surface area contributed by atoms with E-state index in [-0.39, 0.29) is 12.5 Å². The van der Waals surface area contributed by atoms with Crippen LogP contribution < -0.4 is 0 Å². The summed E-state index contributed by atoms with van der Waals surface area (Å²) >= 11 is 0. The summed E-state index contributed by atoms with van der Waals surface area (Å²) in [5.74, 6) is 1.42. The van der Waals surface area contributed by atoms with Gasteiger partial charge >= 0.3 is 0 Å². The van der Waals surface area contributed by atoms with E-state index >= 15 is 0 Å². The lowest BCUT2D eigenvalue weighted by molar-refractivity contribution is -0.135. The van der Waals surface area contributed by atoms with Crippen LogP contribution in [0.25, 0.3) is 0 Å². The first-order valence-corrected chi connectivity index (χ1v) is 8.14. The van der Waals surface area contributed by atoms with Crippen molar-refractivity contribution in [3.63, 3.8) is 0 Å². The average Bonchev–Trinajstić information content (AvgIpc) is 2.39. The van der Waals surface area contributed by atoms with Crippen molar-refractivity contribution >= 4 is 5.91 Å². The number of aliphatic hydroxyl groups excluding tert-OH is 1. The van der Waals surface area contributed by atoms with Crippen LogP contribution in [0.2, 0.25) is 0 Å². The van der Waals surface area contributed by atoms with Crippen LogP contribution in [0, 0.1) is 11.8 Å². The maximum absolute atomic E-state index is 12.5. The molecule has 20 heavy (non-hydrogen) atoms. The lowest BCUT2D eigenvalue weighted by Crippen LogP contribution is -2.49. The highest BCUT2D eigenvalue weighted by molar-refractivity contribution is 5.78. The van der Waals surface area contributed by atoms with E-state index in [1.54, 1.807) is 0 Å². The Morgan fingerprint density at radius 3 is 2.25 bits per heavy atom. The molecule has 0 aromatic rings. The van der Waals surface area contributed by atoms with Crippen LogP contribution in [0.1, 0.15) is 47.0 Å². The molecule has 4 nitrogen and oxygen atoms in total. The zero-order valence-electron chi connectivity index (χ0n) is 13.6. The first-order valence-electron chi connectivity index (χ1n) is 8.14. The van der Waals surface area contributed by atoms with Crippen LogP contribution in [0.15, 0.2) is 0 Å². The molecular weight excluding hydrogens is 252 g/mol. The Kier molecular flexibility index (Phi) is 7.52. The van der Waals surface area contributed by atoms with Crippen molar-refractivity contribution in [1.29, 1.82) is 0 Å². The SMILES string of the molecule is CCC(CC)N(CCO)CC(=O)N1CC(C)CC(C)C1. The van der Waals surface area contributed by atoms with Crippen LogP contribution in [-0.4, -0.2) is 59.6 Å². The minimum Gasteiger partial charge on any atom is -0.395 e. The van der Waals surface area contributed by atoms with Gasteiger partial charge in [0.15, 0.2) is 0 Å². The fourth-order valence-corrected chi connectivity index (χ4v) is 3.46. The Balaban J connectivity index is 2.60. The molecule has 2 unspecified atom stereocenters. The molecular formula is C16H32N2O2. The van der Waals surface area contributed by atoms with Gasteiger partial charge in [-0.25, -0.2) is 0 Å². The molecule has 0 saturated carbocycles. The van der Waals surface area contributed by atoms with E-state index < -0.39 is 0 Å². The molecule has 1 heterocycles. The monoisotopic (exact) mass is 284 g/mol. The van der Waals surface area contributed by atoms with Gasteiger partial charge in [0.2, 0.25) is 5.91 Å². The van der Waals surface area contributed by atoms with E-state index in [0.29, 0.717) is 31.0 Å². The van der Waals surface area contributed by atoms with Gasteiger partial charge in [0.25, 0.3) is 0 Å². The average molecular weight is 284 g/mol. The number of amides is 1. The number of carbonyl (C=O) groups excluding carboxylic acids is 1. The molecule has 0 bridgehead atoms. The Bertz CT molecular complexity index is 282. The Labute approximate surface area is 124 Å². The summed E-state index contributed by atoms with van der Waals surface area (Å²) in [6.45, 7) is 11.7. The minimum absolute atomic E-state index is 0.122. The highest BCUT2D eigenvalue weighted by Gasteiger charge is 2.27. The molecule has 1 N–H and O–H groups in total. The molecule has 0 radical (unpaired) electrons. The van der Waals surface area contributed by atoms with Crippen LogP contribution >= 0.6 is 0 Å². The lowest BCUT2D eigenvalue weighted by atomic mass is 9.92. The van der Waals surface area contributed by atoms with Gasteiger partial charge < -0.3 is 10.0 Å². The van der Waals surface area contributed by atoms with E-state index in [9.17, 15) is 9.90 Å². The second-order valence-electron chi connectivity index (χ2n) is 6.41. The standard InChI is InChI=1S/C16H32N2O2/c1-5-15(6-2)17(7-8-19)12-16(20)18-10-13(3)9-14(4)11-18/h13-15,19H,5-12H2,1-4H3. The second-order valence-corrected chi connectivity index (χ2v) is 6.41. The third-order valence-corrected chi connectivity index (χ3v) is 4.41.